The summed E-state index contributed by atoms with van der Waals surface area (Å²) in [6.45, 7) is 4.59. The fraction of sp³-hybridized carbons (Fsp3) is 0.417. The highest BCUT2D eigenvalue weighted by Gasteiger charge is 2.00. The SMILES string of the molecule is CCSCCOc1cccc(/C(C)=N/O)c1. The van der Waals surface area contributed by atoms with E-state index in [2.05, 4.69) is 12.1 Å². The number of oxime groups is 1. The maximum atomic E-state index is 8.67. The number of thioether (sulfide) groups is 1. The van der Waals surface area contributed by atoms with Crippen LogP contribution in [-0.4, -0.2) is 29.0 Å². The van der Waals surface area contributed by atoms with E-state index in [0.717, 1.165) is 22.8 Å². The molecule has 0 fully saturated rings. The number of rotatable bonds is 6. The van der Waals surface area contributed by atoms with Crippen LogP contribution in [0.3, 0.4) is 0 Å². The van der Waals surface area contributed by atoms with Crippen molar-refractivity contribution in [3.05, 3.63) is 29.8 Å². The lowest BCUT2D eigenvalue weighted by atomic mass is 10.1. The maximum Gasteiger partial charge on any atom is 0.119 e. The Balaban J connectivity index is 2.54. The Morgan fingerprint density at radius 2 is 2.31 bits per heavy atom. The summed E-state index contributed by atoms with van der Waals surface area (Å²) < 4.78 is 5.59. The quantitative estimate of drug-likeness (QED) is 0.359. The van der Waals surface area contributed by atoms with Gasteiger partial charge in [-0.3, -0.25) is 0 Å². The van der Waals surface area contributed by atoms with E-state index in [9.17, 15) is 0 Å². The molecule has 1 rings (SSSR count). The number of ether oxygens (including phenoxy) is 1. The third-order valence-corrected chi connectivity index (χ3v) is 2.97. The Labute approximate surface area is 101 Å². The molecule has 0 aliphatic carbocycles. The van der Waals surface area contributed by atoms with Crippen molar-refractivity contribution in [3.8, 4) is 5.75 Å². The lowest BCUT2D eigenvalue weighted by Gasteiger charge is -2.07. The topological polar surface area (TPSA) is 41.8 Å². The van der Waals surface area contributed by atoms with E-state index in [4.69, 9.17) is 9.94 Å². The zero-order valence-electron chi connectivity index (χ0n) is 9.64. The van der Waals surface area contributed by atoms with Crippen LogP contribution in [0.1, 0.15) is 19.4 Å². The van der Waals surface area contributed by atoms with Crippen molar-refractivity contribution < 1.29 is 9.94 Å². The third kappa shape index (κ3) is 4.14. The van der Waals surface area contributed by atoms with Gasteiger partial charge in [0.1, 0.15) is 5.75 Å². The molecule has 0 amide bonds. The molecule has 1 aromatic carbocycles. The van der Waals surface area contributed by atoms with Gasteiger partial charge in [0.2, 0.25) is 0 Å². The molecule has 0 radical (unpaired) electrons. The van der Waals surface area contributed by atoms with Crippen LogP contribution >= 0.6 is 11.8 Å². The van der Waals surface area contributed by atoms with Crippen molar-refractivity contribution in [1.82, 2.24) is 0 Å². The maximum absolute atomic E-state index is 8.67. The van der Waals surface area contributed by atoms with E-state index in [1.165, 1.54) is 0 Å². The smallest absolute Gasteiger partial charge is 0.119 e. The molecule has 3 nitrogen and oxygen atoms in total. The van der Waals surface area contributed by atoms with Crippen molar-refractivity contribution in [2.24, 2.45) is 5.16 Å². The van der Waals surface area contributed by atoms with Gasteiger partial charge in [0, 0.05) is 11.3 Å². The zero-order chi connectivity index (χ0) is 11.8. The molecule has 4 heteroatoms. The van der Waals surface area contributed by atoms with Gasteiger partial charge in [-0.1, -0.05) is 24.2 Å². The summed E-state index contributed by atoms with van der Waals surface area (Å²) in [7, 11) is 0. The summed E-state index contributed by atoms with van der Waals surface area (Å²) in [5.74, 6) is 2.92. The fourth-order valence-corrected chi connectivity index (χ4v) is 1.72. The largest absolute Gasteiger partial charge is 0.493 e. The highest BCUT2D eigenvalue weighted by atomic mass is 32.2. The molecule has 16 heavy (non-hydrogen) atoms. The molecule has 0 bridgehead atoms. The van der Waals surface area contributed by atoms with Crippen molar-refractivity contribution in [1.29, 1.82) is 0 Å². The summed E-state index contributed by atoms with van der Waals surface area (Å²) in [5, 5.41) is 11.8. The minimum absolute atomic E-state index is 0.591. The highest BCUT2D eigenvalue weighted by Crippen LogP contribution is 2.14. The van der Waals surface area contributed by atoms with E-state index in [0.29, 0.717) is 12.3 Å². The van der Waals surface area contributed by atoms with Crippen LogP contribution in [0.4, 0.5) is 0 Å². The van der Waals surface area contributed by atoms with E-state index in [-0.39, 0.29) is 0 Å². The summed E-state index contributed by atoms with van der Waals surface area (Å²) in [5.41, 5.74) is 1.47. The minimum atomic E-state index is 0.591. The Hall–Kier alpha value is -1.16. The second kappa shape index (κ2) is 7.17. The van der Waals surface area contributed by atoms with Crippen molar-refractivity contribution in [2.75, 3.05) is 18.1 Å². The van der Waals surface area contributed by atoms with Crippen molar-refractivity contribution >= 4 is 17.5 Å². The Kier molecular flexibility index (Phi) is 5.78. The van der Waals surface area contributed by atoms with E-state index in [1.807, 2.05) is 36.0 Å². The van der Waals surface area contributed by atoms with Gasteiger partial charge >= 0.3 is 0 Å². The molecule has 88 valence electrons. The van der Waals surface area contributed by atoms with Crippen LogP contribution in [0, 0.1) is 0 Å². The minimum Gasteiger partial charge on any atom is -0.493 e. The van der Waals surface area contributed by atoms with E-state index < -0.39 is 0 Å². The molecule has 0 spiro atoms. The molecular weight excluding hydrogens is 222 g/mol. The van der Waals surface area contributed by atoms with Crippen LogP contribution in [0.5, 0.6) is 5.75 Å². The molecule has 0 aliphatic heterocycles. The van der Waals surface area contributed by atoms with Crippen LogP contribution in [-0.2, 0) is 0 Å². The van der Waals surface area contributed by atoms with Gasteiger partial charge in [0.05, 0.1) is 12.3 Å². The van der Waals surface area contributed by atoms with Gasteiger partial charge < -0.3 is 9.94 Å². The third-order valence-electron chi connectivity index (χ3n) is 2.10. The van der Waals surface area contributed by atoms with Crippen LogP contribution in [0.25, 0.3) is 0 Å². The standard InChI is InChI=1S/C12H17NO2S/c1-3-16-8-7-15-12-6-4-5-11(9-12)10(2)13-14/h4-6,9,14H,3,7-8H2,1-2H3/b13-10+. The number of hydrogen-bond donors (Lipinski definition) is 1. The summed E-state index contributed by atoms with van der Waals surface area (Å²) in [6, 6.07) is 7.57. The molecule has 0 unspecified atom stereocenters. The molecule has 0 saturated heterocycles. The number of benzene rings is 1. The average molecular weight is 239 g/mol. The van der Waals surface area contributed by atoms with Crippen molar-refractivity contribution in [3.63, 3.8) is 0 Å². The number of hydrogen-bond acceptors (Lipinski definition) is 4. The molecular formula is C12H17NO2S. The van der Waals surface area contributed by atoms with Gasteiger partial charge in [-0.25, -0.2) is 0 Å². The fourth-order valence-electron chi connectivity index (χ4n) is 1.23. The predicted molar refractivity (Wildman–Crippen MR) is 68.9 cm³/mol. The summed E-state index contributed by atoms with van der Waals surface area (Å²) in [4.78, 5) is 0. The van der Waals surface area contributed by atoms with E-state index >= 15 is 0 Å². The monoisotopic (exact) mass is 239 g/mol. The predicted octanol–water partition coefficient (Wildman–Crippen LogP) is 3.02. The van der Waals surface area contributed by atoms with E-state index in [1.54, 1.807) is 6.92 Å². The highest BCUT2D eigenvalue weighted by molar-refractivity contribution is 7.99. The molecule has 0 aliphatic rings. The first-order valence-electron chi connectivity index (χ1n) is 5.27. The van der Waals surface area contributed by atoms with Crippen molar-refractivity contribution in [2.45, 2.75) is 13.8 Å². The molecule has 0 atom stereocenters. The first kappa shape index (κ1) is 12.9. The second-order valence-electron chi connectivity index (χ2n) is 3.26. The first-order chi connectivity index (χ1) is 7.77. The molecule has 0 heterocycles. The van der Waals surface area contributed by atoms with Crippen LogP contribution in [0.15, 0.2) is 29.4 Å². The van der Waals surface area contributed by atoms with Gasteiger partial charge in [-0.05, 0) is 24.8 Å². The normalized spacial score (nSPS) is 11.5. The summed E-state index contributed by atoms with van der Waals surface area (Å²) >= 11 is 1.85. The molecule has 1 aromatic rings. The Morgan fingerprint density at radius 1 is 1.50 bits per heavy atom. The Morgan fingerprint density at radius 3 is 3.00 bits per heavy atom. The second-order valence-corrected chi connectivity index (χ2v) is 4.65. The lowest BCUT2D eigenvalue weighted by molar-refractivity contribution is 0.319. The van der Waals surface area contributed by atoms with Gasteiger partial charge in [0.15, 0.2) is 0 Å². The molecule has 0 saturated carbocycles. The first-order valence-corrected chi connectivity index (χ1v) is 6.43. The lowest BCUT2D eigenvalue weighted by Crippen LogP contribution is -2.01. The zero-order valence-corrected chi connectivity index (χ0v) is 10.5. The Bertz CT molecular complexity index is 353. The van der Waals surface area contributed by atoms with Gasteiger partial charge in [-0.2, -0.15) is 11.8 Å². The van der Waals surface area contributed by atoms with Crippen LogP contribution in [0.2, 0.25) is 0 Å². The average Bonchev–Trinajstić information content (AvgIpc) is 2.34. The van der Waals surface area contributed by atoms with Gasteiger partial charge in [0.25, 0.3) is 0 Å². The van der Waals surface area contributed by atoms with Gasteiger partial charge in [-0.15, -0.1) is 0 Å². The van der Waals surface area contributed by atoms with Crippen LogP contribution < -0.4 is 4.74 Å². The molecule has 0 aromatic heterocycles. The summed E-state index contributed by atoms with van der Waals surface area (Å²) in [6.07, 6.45) is 0. The molecule has 1 N–H and O–H groups in total. The number of nitrogens with zero attached hydrogens (tertiary/aromatic N) is 1.